The number of rotatable bonds is 3. The Kier molecular flexibility index (Phi) is 2.90. The van der Waals surface area contributed by atoms with Crippen LogP contribution in [0.25, 0.3) is 0 Å². The Morgan fingerprint density at radius 2 is 1.94 bits per heavy atom. The van der Waals surface area contributed by atoms with Gasteiger partial charge >= 0.3 is 0 Å². The number of nitrogens with zero attached hydrogens (tertiary/aromatic N) is 1. The van der Waals surface area contributed by atoms with E-state index >= 15 is 0 Å². The van der Waals surface area contributed by atoms with Gasteiger partial charge in [0.25, 0.3) is 0 Å². The Morgan fingerprint density at radius 1 is 1.28 bits per heavy atom. The lowest BCUT2D eigenvalue weighted by atomic mass is 9.91. The molecule has 2 heterocycles. The van der Waals surface area contributed by atoms with Gasteiger partial charge in [-0.25, -0.2) is 0 Å². The van der Waals surface area contributed by atoms with Crippen LogP contribution in [0.4, 0.5) is 0 Å². The van der Waals surface area contributed by atoms with E-state index in [1.165, 1.54) is 4.90 Å². The van der Waals surface area contributed by atoms with Crippen LogP contribution in [0.2, 0.25) is 0 Å². The molecule has 3 aliphatic rings. The highest BCUT2D eigenvalue weighted by atomic mass is 16.5. The van der Waals surface area contributed by atoms with E-state index in [9.17, 15) is 9.59 Å². The second kappa shape index (κ2) is 4.31. The van der Waals surface area contributed by atoms with E-state index in [-0.39, 0.29) is 29.4 Å². The molecule has 2 amide bonds. The van der Waals surface area contributed by atoms with Gasteiger partial charge in [-0.1, -0.05) is 0 Å². The Balaban J connectivity index is 1.66. The summed E-state index contributed by atoms with van der Waals surface area (Å²) in [5.41, 5.74) is -0.0710. The molecule has 2 saturated heterocycles. The number of hydrogen-bond donors (Lipinski definition) is 1. The maximum absolute atomic E-state index is 12.2. The van der Waals surface area contributed by atoms with E-state index in [1.54, 1.807) is 0 Å². The molecule has 5 nitrogen and oxygen atoms in total. The molecule has 5 heteroatoms. The largest absolute Gasteiger partial charge is 0.381 e. The molecule has 100 valence electrons. The van der Waals surface area contributed by atoms with Gasteiger partial charge < -0.3 is 4.74 Å². The van der Waals surface area contributed by atoms with Crippen LogP contribution in [0, 0.1) is 0 Å². The standard InChI is InChI=1S/C13H20N2O3/c1-13(4-6-18-7-5-13)14-10-8-11(16)15(12(10)17)9-2-3-9/h9-10,14H,2-8H2,1H3. The maximum Gasteiger partial charge on any atom is 0.247 e. The van der Waals surface area contributed by atoms with Gasteiger partial charge in [0, 0.05) is 24.8 Å². The lowest BCUT2D eigenvalue weighted by Crippen LogP contribution is -2.53. The number of imide groups is 1. The summed E-state index contributed by atoms with van der Waals surface area (Å²) < 4.78 is 5.34. The zero-order valence-corrected chi connectivity index (χ0v) is 10.8. The molecule has 1 saturated carbocycles. The van der Waals surface area contributed by atoms with Crippen LogP contribution in [0.1, 0.15) is 39.0 Å². The predicted octanol–water partition coefficient (Wildman–Crippen LogP) is 0.435. The fourth-order valence-corrected chi connectivity index (χ4v) is 2.87. The van der Waals surface area contributed by atoms with Crippen molar-refractivity contribution in [3.63, 3.8) is 0 Å². The molecule has 0 spiro atoms. The van der Waals surface area contributed by atoms with Crippen molar-refractivity contribution in [1.29, 1.82) is 0 Å². The molecule has 2 aliphatic heterocycles. The van der Waals surface area contributed by atoms with E-state index in [0.717, 1.165) is 38.9 Å². The zero-order chi connectivity index (χ0) is 12.8. The van der Waals surface area contributed by atoms with Crippen LogP contribution in [0.5, 0.6) is 0 Å². The van der Waals surface area contributed by atoms with Crippen molar-refractivity contribution in [1.82, 2.24) is 10.2 Å². The molecule has 0 aromatic heterocycles. The molecule has 1 aliphatic carbocycles. The minimum Gasteiger partial charge on any atom is -0.381 e. The monoisotopic (exact) mass is 252 g/mol. The third-order valence-electron chi connectivity index (χ3n) is 4.21. The molecule has 0 radical (unpaired) electrons. The van der Waals surface area contributed by atoms with E-state index in [4.69, 9.17) is 4.74 Å². The van der Waals surface area contributed by atoms with E-state index in [2.05, 4.69) is 12.2 Å². The van der Waals surface area contributed by atoms with E-state index in [1.807, 2.05) is 0 Å². The fourth-order valence-electron chi connectivity index (χ4n) is 2.87. The molecule has 1 atom stereocenters. The van der Waals surface area contributed by atoms with Crippen LogP contribution in [0.3, 0.4) is 0 Å². The number of ether oxygens (including phenoxy) is 1. The van der Waals surface area contributed by atoms with Crippen molar-refractivity contribution in [2.45, 2.75) is 56.7 Å². The number of carbonyl (C=O) groups excluding carboxylic acids is 2. The van der Waals surface area contributed by atoms with Crippen molar-refractivity contribution >= 4 is 11.8 Å². The Hall–Kier alpha value is -0.940. The quantitative estimate of drug-likeness (QED) is 0.740. The van der Waals surface area contributed by atoms with Gasteiger partial charge in [0.05, 0.1) is 12.5 Å². The first-order valence-corrected chi connectivity index (χ1v) is 6.80. The van der Waals surface area contributed by atoms with E-state index < -0.39 is 0 Å². The van der Waals surface area contributed by atoms with Crippen molar-refractivity contribution in [3.8, 4) is 0 Å². The lowest BCUT2D eigenvalue weighted by molar-refractivity contribution is -0.139. The van der Waals surface area contributed by atoms with Crippen molar-refractivity contribution in [2.75, 3.05) is 13.2 Å². The molecule has 0 aromatic carbocycles. The number of likely N-dealkylation sites (tertiary alicyclic amines) is 1. The van der Waals surface area contributed by atoms with Gasteiger partial charge in [-0.15, -0.1) is 0 Å². The molecule has 3 fully saturated rings. The highest BCUT2D eigenvalue weighted by Gasteiger charge is 2.47. The number of amides is 2. The second-order valence-electron chi connectivity index (χ2n) is 5.91. The lowest BCUT2D eigenvalue weighted by Gasteiger charge is -2.36. The average Bonchev–Trinajstić information content (AvgIpc) is 3.09. The van der Waals surface area contributed by atoms with Crippen molar-refractivity contribution in [3.05, 3.63) is 0 Å². The molecule has 1 unspecified atom stereocenters. The minimum absolute atomic E-state index is 0.00402. The Labute approximate surface area is 107 Å². The third-order valence-corrected chi connectivity index (χ3v) is 4.21. The van der Waals surface area contributed by atoms with E-state index in [0.29, 0.717) is 6.42 Å². The van der Waals surface area contributed by atoms with Crippen molar-refractivity contribution < 1.29 is 14.3 Å². The normalized spacial score (nSPS) is 32.1. The van der Waals surface area contributed by atoms with Crippen LogP contribution in [0.15, 0.2) is 0 Å². The first-order chi connectivity index (χ1) is 8.59. The molecular weight excluding hydrogens is 232 g/mol. The van der Waals surface area contributed by atoms with Crippen LogP contribution in [-0.2, 0) is 14.3 Å². The highest BCUT2D eigenvalue weighted by molar-refractivity contribution is 6.06. The topological polar surface area (TPSA) is 58.6 Å². The molecule has 3 rings (SSSR count). The summed E-state index contributed by atoms with van der Waals surface area (Å²) in [6.07, 6.45) is 4.08. The first kappa shape index (κ1) is 12.1. The number of hydrogen-bond acceptors (Lipinski definition) is 4. The van der Waals surface area contributed by atoms with Gasteiger partial charge in [-0.3, -0.25) is 19.8 Å². The van der Waals surface area contributed by atoms with Gasteiger partial charge in [0.15, 0.2) is 0 Å². The summed E-state index contributed by atoms with van der Waals surface area (Å²) in [5, 5.41) is 3.39. The highest BCUT2D eigenvalue weighted by Crippen LogP contribution is 2.32. The zero-order valence-electron chi connectivity index (χ0n) is 10.8. The summed E-state index contributed by atoms with van der Waals surface area (Å²) in [4.78, 5) is 25.6. The summed E-state index contributed by atoms with van der Waals surface area (Å²) >= 11 is 0. The van der Waals surface area contributed by atoms with Gasteiger partial charge in [-0.2, -0.15) is 0 Å². The van der Waals surface area contributed by atoms with Gasteiger partial charge in [0.1, 0.15) is 0 Å². The summed E-state index contributed by atoms with van der Waals surface area (Å²) in [6, 6.07) is -0.125. The SMILES string of the molecule is CC1(NC2CC(=O)N(C3CC3)C2=O)CCOCC1. The Bertz CT molecular complexity index is 372. The molecule has 0 bridgehead atoms. The second-order valence-corrected chi connectivity index (χ2v) is 5.91. The molecular formula is C13H20N2O3. The summed E-state index contributed by atoms with van der Waals surface area (Å²) in [7, 11) is 0. The fraction of sp³-hybridized carbons (Fsp3) is 0.846. The summed E-state index contributed by atoms with van der Waals surface area (Å²) in [5.74, 6) is -0.0223. The maximum atomic E-state index is 12.2. The first-order valence-electron chi connectivity index (χ1n) is 6.80. The van der Waals surface area contributed by atoms with Gasteiger partial charge in [-0.05, 0) is 32.6 Å². The number of carbonyl (C=O) groups is 2. The van der Waals surface area contributed by atoms with Gasteiger partial charge in [0.2, 0.25) is 11.8 Å². The minimum atomic E-state index is -0.318. The van der Waals surface area contributed by atoms with Crippen LogP contribution < -0.4 is 5.32 Å². The molecule has 18 heavy (non-hydrogen) atoms. The van der Waals surface area contributed by atoms with Crippen LogP contribution in [-0.4, -0.2) is 47.6 Å². The third kappa shape index (κ3) is 2.17. The Morgan fingerprint density at radius 3 is 2.56 bits per heavy atom. The molecule has 1 N–H and O–H groups in total. The smallest absolute Gasteiger partial charge is 0.247 e. The summed E-state index contributed by atoms with van der Waals surface area (Å²) in [6.45, 7) is 3.57. The van der Waals surface area contributed by atoms with Crippen LogP contribution >= 0.6 is 0 Å². The predicted molar refractivity (Wildman–Crippen MR) is 64.9 cm³/mol. The number of nitrogens with one attached hydrogen (secondary N) is 1. The average molecular weight is 252 g/mol. The van der Waals surface area contributed by atoms with Crippen molar-refractivity contribution in [2.24, 2.45) is 0 Å². The molecule has 0 aromatic rings.